The Bertz CT molecular complexity index is 2920. The molecule has 0 saturated heterocycles. The first-order valence-electron chi connectivity index (χ1n) is 16.3. The highest BCUT2D eigenvalue weighted by Gasteiger charge is 2.18. The molecular formula is C45H25N5. The van der Waals surface area contributed by atoms with Gasteiger partial charge in [0.1, 0.15) is 0 Å². The lowest BCUT2D eigenvalue weighted by Crippen LogP contribution is -1.98. The Balaban J connectivity index is 1.23. The van der Waals surface area contributed by atoms with Crippen molar-refractivity contribution < 1.29 is 0 Å². The lowest BCUT2D eigenvalue weighted by atomic mass is 9.96. The Morgan fingerprint density at radius 2 is 1.00 bits per heavy atom. The van der Waals surface area contributed by atoms with Gasteiger partial charge < -0.3 is 9.13 Å². The fraction of sp³-hybridized carbons (Fsp3) is 0. The lowest BCUT2D eigenvalue weighted by Gasteiger charge is -2.16. The molecule has 0 unspecified atom stereocenters. The van der Waals surface area contributed by atoms with E-state index < -0.39 is 0 Å². The van der Waals surface area contributed by atoms with Gasteiger partial charge in [-0.05, 0) is 95.6 Å². The average molecular weight is 636 g/mol. The summed E-state index contributed by atoms with van der Waals surface area (Å²) in [5, 5.41) is 33.6. The van der Waals surface area contributed by atoms with Crippen LogP contribution in [0.5, 0.6) is 0 Å². The average Bonchev–Trinajstić information content (AvgIpc) is 3.70. The summed E-state index contributed by atoms with van der Waals surface area (Å²) in [6, 6.07) is 58.0. The van der Waals surface area contributed by atoms with E-state index in [0.717, 1.165) is 66.5 Å². The minimum Gasteiger partial charge on any atom is -0.309 e. The van der Waals surface area contributed by atoms with Crippen LogP contribution in [-0.2, 0) is 0 Å². The highest BCUT2D eigenvalue weighted by Crippen LogP contribution is 2.39. The molecule has 0 amide bonds. The normalized spacial score (nSPS) is 11.1. The largest absolute Gasteiger partial charge is 0.309 e. The van der Waals surface area contributed by atoms with Gasteiger partial charge in [-0.1, -0.05) is 72.8 Å². The summed E-state index contributed by atoms with van der Waals surface area (Å²) in [5.41, 5.74) is 11.7. The van der Waals surface area contributed by atoms with E-state index in [0.29, 0.717) is 16.7 Å². The Labute approximate surface area is 287 Å². The summed E-state index contributed by atoms with van der Waals surface area (Å²) in [6.45, 7) is 0. The summed E-state index contributed by atoms with van der Waals surface area (Å²) in [4.78, 5) is 0. The third kappa shape index (κ3) is 4.38. The van der Waals surface area contributed by atoms with Crippen molar-refractivity contribution in [3.8, 4) is 51.8 Å². The predicted molar refractivity (Wildman–Crippen MR) is 200 cm³/mol. The molecule has 9 aromatic rings. The van der Waals surface area contributed by atoms with Crippen LogP contribution < -0.4 is 0 Å². The zero-order valence-corrected chi connectivity index (χ0v) is 26.7. The van der Waals surface area contributed by atoms with Crippen LogP contribution in [0, 0.1) is 34.0 Å². The number of benzene rings is 7. The molecule has 5 heteroatoms. The molecule has 0 spiro atoms. The van der Waals surface area contributed by atoms with Crippen molar-refractivity contribution in [2.75, 3.05) is 0 Å². The second-order valence-corrected chi connectivity index (χ2v) is 12.3. The fourth-order valence-corrected chi connectivity index (χ4v) is 7.42. The van der Waals surface area contributed by atoms with Gasteiger partial charge in [-0.15, -0.1) is 0 Å². The van der Waals surface area contributed by atoms with Crippen LogP contribution in [0.4, 0.5) is 0 Å². The molecule has 9 rings (SSSR count). The molecule has 0 atom stereocenters. The molecular weight excluding hydrogens is 611 g/mol. The molecule has 0 aliphatic heterocycles. The first kappa shape index (κ1) is 28.8. The van der Waals surface area contributed by atoms with Crippen molar-refractivity contribution in [1.82, 2.24) is 9.13 Å². The van der Waals surface area contributed by atoms with Gasteiger partial charge >= 0.3 is 0 Å². The van der Waals surface area contributed by atoms with E-state index >= 15 is 0 Å². The van der Waals surface area contributed by atoms with Crippen molar-refractivity contribution >= 4 is 43.6 Å². The van der Waals surface area contributed by atoms with Crippen LogP contribution in [0.25, 0.3) is 77.2 Å². The van der Waals surface area contributed by atoms with E-state index in [9.17, 15) is 15.8 Å². The first-order chi connectivity index (χ1) is 24.7. The maximum atomic E-state index is 9.99. The second kappa shape index (κ2) is 11.4. The van der Waals surface area contributed by atoms with Crippen LogP contribution in [-0.4, -0.2) is 9.13 Å². The minimum atomic E-state index is 0.551. The van der Waals surface area contributed by atoms with Crippen LogP contribution in [0.1, 0.15) is 16.7 Å². The summed E-state index contributed by atoms with van der Waals surface area (Å²) in [7, 11) is 0. The van der Waals surface area contributed by atoms with Crippen molar-refractivity contribution in [2.24, 2.45) is 0 Å². The maximum absolute atomic E-state index is 9.99. The van der Waals surface area contributed by atoms with Crippen molar-refractivity contribution in [2.45, 2.75) is 0 Å². The quantitative estimate of drug-likeness (QED) is 0.193. The molecule has 0 saturated carbocycles. The molecule has 230 valence electrons. The monoisotopic (exact) mass is 635 g/mol. The summed E-state index contributed by atoms with van der Waals surface area (Å²) in [6.07, 6.45) is 0. The summed E-state index contributed by atoms with van der Waals surface area (Å²) < 4.78 is 4.46. The lowest BCUT2D eigenvalue weighted by molar-refractivity contribution is 1.18. The molecule has 0 N–H and O–H groups in total. The van der Waals surface area contributed by atoms with E-state index in [2.05, 4.69) is 124 Å². The molecule has 50 heavy (non-hydrogen) atoms. The van der Waals surface area contributed by atoms with Gasteiger partial charge in [0, 0.05) is 32.8 Å². The number of aromatic nitrogens is 2. The van der Waals surface area contributed by atoms with Gasteiger partial charge in [-0.2, -0.15) is 15.8 Å². The molecule has 0 aliphatic carbocycles. The Hall–Kier alpha value is -7.39. The fourth-order valence-electron chi connectivity index (χ4n) is 7.42. The van der Waals surface area contributed by atoms with Crippen LogP contribution in [0.2, 0.25) is 0 Å². The van der Waals surface area contributed by atoms with Crippen molar-refractivity contribution in [3.05, 3.63) is 168 Å². The van der Waals surface area contributed by atoms with E-state index in [1.807, 2.05) is 54.6 Å². The Kier molecular flexibility index (Phi) is 6.56. The van der Waals surface area contributed by atoms with Crippen LogP contribution in [0.3, 0.4) is 0 Å². The Morgan fingerprint density at radius 3 is 1.74 bits per heavy atom. The number of fused-ring (bicyclic) bond motifs is 6. The Morgan fingerprint density at radius 1 is 0.400 bits per heavy atom. The van der Waals surface area contributed by atoms with Crippen LogP contribution >= 0.6 is 0 Å². The van der Waals surface area contributed by atoms with E-state index in [4.69, 9.17) is 0 Å². The molecule has 5 nitrogen and oxygen atoms in total. The van der Waals surface area contributed by atoms with Gasteiger partial charge in [0.15, 0.2) is 0 Å². The van der Waals surface area contributed by atoms with E-state index in [1.54, 1.807) is 0 Å². The van der Waals surface area contributed by atoms with Crippen molar-refractivity contribution in [3.63, 3.8) is 0 Å². The van der Waals surface area contributed by atoms with Gasteiger partial charge in [-0.25, -0.2) is 0 Å². The maximum Gasteiger partial charge on any atom is 0.0998 e. The highest BCUT2D eigenvalue weighted by molar-refractivity contribution is 6.12. The molecule has 2 heterocycles. The molecule has 0 fully saturated rings. The van der Waals surface area contributed by atoms with Crippen molar-refractivity contribution in [1.29, 1.82) is 15.8 Å². The molecule has 7 aromatic carbocycles. The highest BCUT2D eigenvalue weighted by atomic mass is 15.0. The van der Waals surface area contributed by atoms with Gasteiger partial charge in [0.05, 0.1) is 62.7 Å². The van der Waals surface area contributed by atoms with Crippen LogP contribution in [0.15, 0.2) is 152 Å². The minimum absolute atomic E-state index is 0.551. The third-order valence-corrected chi connectivity index (χ3v) is 9.60. The number of hydrogen-bond donors (Lipinski definition) is 0. The zero-order chi connectivity index (χ0) is 33.8. The number of nitrogens with zero attached hydrogens (tertiary/aromatic N) is 5. The number of hydrogen-bond acceptors (Lipinski definition) is 3. The SMILES string of the molecule is N#Cc1ccc(-n2c3ccccc3c3ccccc32)c(-c2cccc(-c3cccc(-n4c5ccc(C#N)cc5c5c(C#N)cccc54)c3)c2)c1. The third-order valence-electron chi connectivity index (χ3n) is 9.60. The molecule has 0 aliphatic rings. The summed E-state index contributed by atoms with van der Waals surface area (Å²) in [5.74, 6) is 0. The van der Waals surface area contributed by atoms with Gasteiger partial charge in [0.2, 0.25) is 0 Å². The van der Waals surface area contributed by atoms with E-state index in [-0.39, 0.29) is 0 Å². The molecule has 2 aromatic heterocycles. The van der Waals surface area contributed by atoms with Gasteiger partial charge in [-0.3, -0.25) is 0 Å². The molecule has 0 radical (unpaired) electrons. The second-order valence-electron chi connectivity index (χ2n) is 12.3. The standard InChI is InChI=1S/C45H25N5/c46-26-29-18-20-42(50-40-15-3-1-13-36(40)37-14-2-4-16-41(37)50)38(22-29)33-10-5-8-31(24-33)32-9-6-12-35(25-32)49-43-21-19-30(27-47)23-39(43)45-34(28-48)11-7-17-44(45)49/h1-25H. The number of nitriles is 3. The van der Waals surface area contributed by atoms with Gasteiger partial charge in [0.25, 0.3) is 0 Å². The predicted octanol–water partition coefficient (Wildman–Crippen LogP) is 10.8. The summed E-state index contributed by atoms with van der Waals surface area (Å²) >= 11 is 0. The zero-order valence-electron chi connectivity index (χ0n) is 26.7. The molecule has 0 bridgehead atoms. The number of para-hydroxylation sites is 2. The smallest absolute Gasteiger partial charge is 0.0998 e. The van der Waals surface area contributed by atoms with E-state index in [1.165, 1.54) is 10.8 Å². The first-order valence-corrected chi connectivity index (χ1v) is 16.3. The topological polar surface area (TPSA) is 81.2 Å². The number of rotatable bonds is 4.